The van der Waals surface area contributed by atoms with E-state index < -0.39 is 5.91 Å². The maximum Gasteiger partial charge on any atom is 0.248 e. The van der Waals surface area contributed by atoms with Crippen LogP contribution in [0.25, 0.3) is 0 Å². The van der Waals surface area contributed by atoms with E-state index in [2.05, 4.69) is 10.4 Å². The predicted molar refractivity (Wildman–Crippen MR) is 70.4 cm³/mol. The first-order valence-corrected chi connectivity index (χ1v) is 5.77. The van der Waals surface area contributed by atoms with Crippen LogP contribution in [0.1, 0.15) is 16.1 Å². The van der Waals surface area contributed by atoms with Gasteiger partial charge in [-0.3, -0.25) is 9.48 Å². The highest BCUT2D eigenvalue weighted by Crippen LogP contribution is 2.09. The van der Waals surface area contributed by atoms with Crippen LogP contribution in [-0.4, -0.2) is 22.2 Å². The Morgan fingerprint density at radius 2 is 2.06 bits per heavy atom. The lowest BCUT2D eigenvalue weighted by Crippen LogP contribution is -2.11. The van der Waals surface area contributed by atoms with Crippen molar-refractivity contribution in [2.45, 2.75) is 6.42 Å². The molecule has 0 aliphatic rings. The molecule has 1 heterocycles. The molecule has 18 heavy (non-hydrogen) atoms. The van der Waals surface area contributed by atoms with Gasteiger partial charge in [-0.1, -0.05) is 0 Å². The van der Waals surface area contributed by atoms with Crippen LogP contribution in [0.5, 0.6) is 0 Å². The number of nitrogens with two attached hydrogens (primary N) is 1. The van der Waals surface area contributed by atoms with Gasteiger partial charge in [-0.15, -0.1) is 0 Å². The number of primary amides is 1. The number of aryl methyl sites for hydroxylation is 1. The molecule has 1 amide bonds. The molecule has 0 fully saturated rings. The number of nitrogens with one attached hydrogen (secondary N) is 1. The number of anilines is 1. The molecule has 0 saturated heterocycles. The SMILES string of the molecule is Cn1nccc1CCNc1ccc(C(N)=O)cc1. The summed E-state index contributed by atoms with van der Waals surface area (Å²) in [6, 6.07) is 9.13. The minimum absolute atomic E-state index is 0.406. The van der Waals surface area contributed by atoms with Crippen molar-refractivity contribution in [3.63, 3.8) is 0 Å². The molecule has 0 atom stereocenters. The molecule has 0 aliphatic carbocycles. The third-order valence-electron chi connectivity index (χ3n) is 2.80. The highest BCUT2D eigenvalue weighted by atomic mass is 16.1. The Morgan fingerprint density at radius 1 is 1.33 bits per heavy atom. The first-order chi connectivity index (χ1) is 8.66. The number of rotatable bonds is 5. The Labute approximate surface area is 106 Å². The number of hydrogen-bond donors (Lipinski definition) is 2. The van der Waals surface area contributed by atoms with Crippen LogP contribution in [0.2, 0.25) is 0 Å². The summed E-state index contributed by atoms with van der Waals surface area (Å²) < 4.78 is 1.86. The monoisotopic (exact) mass is 244 g/mol. The highest BCUT2D eigenvalue weighted by Gasteiger charge is 2.00. The van der Waals surface area contributed by atoms with Gasteiger partial charge in [0.05, 0.1) is 0 Å². The summed E-state index contributed by atoms with van der Waals surface area (Å²) in [5.74, 6) is -0.406. The normalized spacial score (nSPS) is 10.3. The largest absolute Gasteiger partial charge is 0.385 e. The summed E-state index contributed by atoms with van der Waals surface area (Å²) in [5.41, 5.74) is 7.85. The molecule has 0 unspecified atom stereocenters. The Kier molecular flexibility index (Phi) is 3.62. The lowest BCUT2D eigenvalue weighted by atomic mass is 10.2. The maximum absolute atomic E-state index is 10.9. The van der Waals surface area contributed by atoms with Gasteiger partial charge in [0.15, 0.2) is 0 Å². The minimum Gasteiger partial charge on any atom is -0.385 e. The molecule has 94 valence electrons. The van der Waals surface area contributed by atoms with Crippen molar-refractivity contribution in [3.8, 4) is 0 Å². The van der Waals surface area contributed by atoms with E-state index in [-0.39, 0.29) is 0 Å². The molecule has 5 nitrogen and oxygen atoms in total. The summed E-state index contributed by atoms with van der Waals surface area (Å²) in [6.07, 6.45) is 2.69. The van der Waals surface area contributed by atoms with Gasteiger partial charge in [0.1, 0.15) is 0 Å². The number of hydrogen-bond acceptors (Lipinski definition) is 3. The zero-order valence-electron chi connectivity index (χ0n) is 10.3. The Morgan fingerprint density at radius 3 is 2.61 bits per heavy atom. The van der Waals surface area contributed by atoms with Crippen molar-refractivity contribution >= 4 is 11.6 Å². The summed E-state index contributed by atoms with van der Waals surface area (Å²) in [7, 11) is 1.93. The van der Waals surface area contributed by atoms with Gasteiger partial charge in [-0.05, 0) is 30.3 Å². The fourth-order valence-electron chi connectivity index (χ4n) is 1.73. The first kappa shape index (κ1) is 12.2. The first-order valence-electron chi connectivity index (χ1n) is 5.77. The van der Waals surface area contributed by atoms with Crippen molar-refractivity contribution in [1.29, 1.82) is 0 Å². The highest BCUT2D eigenvalue weighted by molar-refractivity contribution is 5.93. The Bertz CT molecular complexity index is 530. The van der Waals surface area contributed by atoms with Crippen LogP contribution < -0.4 is 11.1 Å². The van der Waals surface area contributed by atoms with Crippen molar-refractivity contribution in [2.24, 2.45) is 12.8 Å². The molecule has 0 aliphatic heterocycles. The second kappa shape index (κ2) is 5.35. The van der Waals surface area contributed by atoms with Crippen LogP contribution in [0.3, 0.4) is 0 Å². The molecular weight excluding hydrogens is 228 g/mol. The van der Waals surface area contributed by atoms with Crippen LogP contribution in [0, 0.1) is 0 Å². The summed E-state index contributed by atoms with van der Waals surface area (Å²) in [6.45, 7) is 0.815. The fourth-order valence-corrected chi connectivity index (χ4v) is 1.73. The van der Waals surface area contributed by atoms with Crippen LogP contribution in [0.4, 0.5) is 5.69 Å². The van der Waals surface area contributed by atoms with E-state index in [0.717, 1.165) is 18.7 Å². The van der Waals surface area contributed by atoms with E-state index in [4.69, 9.17) is 5.73 Å². The number of benzene rings is 1. The number of amides is 1. The smallest absolute Gasteiger partial charge is 0.248 e. The molecule has 2 aromatic rings. The van der Waals surface area contributed by atoms with E-state index in [0.29, 0.717) is 5.56 Å². The number of aromatic nitrogens is 2. The second-order valence-electron chi connectivity index (χ2n) is 4.06. The molecule has 0 saturated carbocycles. The number of carbonyl (C=O) groups excluding carboxylic acids is 1. The average molecular weight is 244 g/mol. The lowest BCUT2D eigenvalue weighted by Gasteiger charge is -2.07. The maximum atomic E-state index is 10.9. The van der Waals surface area contributed by atoms with Crippen molar-refractivity contribution in [1.82, 2.24) is 9.78 Å². The molecule has 1 aromatic carbocycles. The summed E-state index contributed by atoms with van der Waals surface area (Å²) in [5, 5.41) is 7.39. The van der Waals surface area contributed by atoms with Crippen molar-refractivity contribution in [3.05, 3.63) is 47.8 Å². The van der Waals surface area contributed by atoms with Crippen molar-refractivity contribution < 1.29 is 4.79 Å². The van der Waals surface area contributed by atoms with Gasteiger partial charge >= 0.3 is 0 Å². The fraction of sp³-hybridized carbons (Fsp3) is 0.231. The third kappa shape index (κ3) is 2.88. The summed E-state index contributed by atoms with van der Waals surface area (Å²) >= 11 is 0. The van der Waals surface area contributed by atoms with E-state index in [1.165, 1.54) is 5.69 Å². The topological polar surface area (TPSA) is 72.9 Å². The van der Waals surface area contributed by atoms with Gasteiger partial charge in [-0.2, -0.15) is 5.10 Å². The molecule has 2 rings (SSSR count). The molecule has 3 N–H and O–H groups in total. The van der Waals surface area contributed by atoms with Gasteiger partial charge in [0.2, 0.25) is 5.91 Å². The summed E-state index contributed by atoms with van der Waals surface area (Å²) in [4.78, 5) is 10.9. The van der Waals surface area contributed by atoms with Crippen LogP contribution >= 0.6 is 0 Å². The van der Waals surface area contributed by atoms with Gasteiger partial charge < -0.3 is 11.1 Å². The lowest BCUT2D eigenvalue weighted by molar-refractivity contribution is 0.100. The van der Waals surface area contributed by atoms with Gasteiger partial charge in [0, 0.05) is 43.2 Å². The van der Waals surface area contributed by atoms with Gasteiger partial charge in [0.25, 0.3) is 0 Å². The molecule has 0 spiro atoms. The van der Waals surface area contributed by atoms with E-state index >= 15 is 0 Å². The quantitative estimate of drug-likeness (QED) is 0.829. The molecule has 1 aromatic heterocycles. The predicted octanol–water partition coefficient (Wildman–Crippen LogP) is 1.17. The zero-order valence-corrected chi connectivity index (χ0v) is 10.3. The van der Waals surface area contributed by atoms with Crippen molar-refractivity contribution in [2.75, 3.05) is 11.9 Å². The average Bonchev–Trinajstić information content (AvgIpc) is 2.76. The third-order valence-corrected chi connectivity index (χ3v) is 2.80. The second-order valence-corrected chi connectivity index (χ2v) is 4.06. The standard InChI is InChI=1S/C13H16N4O/c1-17-12(7-9-16-17)6-8-15-11-4-2-10(3-5-11)13(14)18/h2-5,7,9,15H,6,8H2,1H3,(H2,14,18). The van der Waals surface area contributed by atoms with Gasteiger partial charge in [-0.25, -0.2) is 0 Å². The Balaban J connectivity index is 1.87. The number of nitrogens with zero attached hydrogens (tertiary/aromatic N) is 2. The van der Waals surface area contributed by atoms with Crippen LogP contribution in [-0.2, 0) is 13.5 Å². The van der Waals surface area contributed by atoms with E-state index in [1.807, 2.05) is 29.9 Å². The Hall–Kier alpha value is -2.30. The molecule has 5 heteroatoms. The minimum atomic E-state index is -0.406. The van der Waals surface area contributed by atoms with Crippen LogP contribution in [0.15, 0.2) is 36.5 Å². The number of carbonyl (C=O) groups is 1. The molecule has 0 radical (unpaired) electrons. The molecular formula is C13H16N4O. The zero-order chi connectivity index (χ0) is 13.0. The van der Waals surface area contributed by atoms with E-state index in [1.54, 1.807) is 18.3 Å². The van der Waals surface area contributed by atoms with E-state index in [9.17, 15) is 4.79 Å². The molecule has 0 bridgehead atoms.